The smallest absolute Gasteiger partial charge is 0.326 e. The highest BCUT2D eigenvalue weighted by atomic mass is 16.5. The first-order valence-corrected chi connectivity index (χ1v) is 9.08. The maximum atomic E-state index is 13.0. The van der Waals surface area contributed by atoms with Crippen LogP contribution in [0.2, 0.25) is 0 Å². The Morgan fingerprint density at radius 2 is 2.04 bits per heavy atom. The van der Waals surface area contributed by atoms with Gasteiger partial charge in [-0.3, -0.25) is 4.79 Å². The van der Waals surface area contributed by atoms with Crippen molar-refractivity contribution >= 4 is 22.8 Å². The second-order valence-electron chi connectivity index (χ2n) is 6.94. The van der Waals surface area contributed by atoms with E-state index in [4.69, 9.17) is 4.74 Å². The summed E-state index contributed by atoms with van der Waals surface area (Å²) < 4.78 is 7.40. The number of carbonyl (C=O) groups is 2. The summed E-state index contributed by atoms with van der Waals surface area (Å²) in [6.07, 6.45) is 2.22. The number of hydrogen-bond acceptors (Lipinski definition) is 3. The molecule has 2 heterocycles. The first kappa shape index (κ1) is 18.5. The molecule has 6 nitrogen and oxygen atoms in total. The van der Waals surface area contributed by atoms with Crippen LogP contribution in [0.25, 0.3) is 10.9 Å². The second kappa shape index (κ2) is 7.50. The van der Waals surface area contributed by atoms with Gasteiger partial charge in [-0.15, -0.1) is 0 Å². The number of aryl methyl sites for hydroxylation is 1. The summed E-state index contributed by atoms with van der Waals surface area (Å²) in [6.45, 7) is 6.00. The van der Waals surface area contributed by atoms with E-state index in [9.17, 15) is 14.7 Å². The molecule has 0 aliphatic carbocycles. The van der Waals surface area contributed by atoms with Crippen molar-refractivity contribution in [2.75, 3.05) is 20.3 Å². The van der Waals surface area contributed by atoms with Crippen LogP contribution < -0.4 is 0 Å². The fraction of sp³-hybridized carbons (Fsp3) is 0.500. The lowest BCUT2D eigenvalue weighted by Gasteiger charge is -2.33. The largest absolute Gasteiger partial charge is 0.480 e. The molecule has 26 heavy (non-hydrogen) atoms. The third-order valence-corrected chi connectivity index (χ3v) is 5.45. The zero-order valence-corrected chi connectivity index (χ0v) is 15.6. The minimum atomic E-state index is -0.920. The number of nitrogens with zero attached hydrogens (tertiary/aromatic N) is 2. The summed E-state index contributed by atoms with van der Waals surface area (Å²) in [5.41, 5.74) is 3.92. The van der Waals surface area contributed by atoms with Crippen LogP contribution in [0, 0.1) is 13.8 Å². The van der Waals surface area contributed by atoms with E-state index in [0.29, 0.717) is 25.1 Å². The van der Waals surface area contributed by atoms with Gasteiger partial charge < -0.3 is 19.3 Å². The number of carboxylic acids is 1. The molecule has 3 rings (SSSR count). The molecule has 0 unspecified atom stereocenters. The van der Waals surface area contributed by atoms with Crippen LogP contribution in [-0.2, 0) is 16.1 Å². The SMILES string of the molecule is COCCn1c(C)c(C)c2cc(C(=O)N3CCCC[C@@H]3C(=O)O)ccc21. The lowest BCUT2D eigenvalue weighted by Crippen LogP contribution is -2.47. The number of carbonyl (C=O) groups excluding carboxylic acids is 1. The first-order valence-electron chi connectivity index (χ1n) is 9.08. The third-order valence-electron chi connectivity index (χ3n) is 5.45. The topological polar surface area (TPSA) is 71.8 Å². The van der Waals surface area contributed by atoms with Gasteiger partial charge in [0.1, 0.15) is 6.04 Å². The average Bonchev–Trinajstić information content (AvgIpc) is 2.89. The Balaban J connectivity index is 1.97. The maximum absolute atomic E-state index is 13.0. The van der Waals surface area contributed by atoms with Crippen molar-refractivity contribution in [1.82, 2.24) is 9.47 Å². The van der Waals surface area contributed by atoms with Crippen molar-refractivity contribution in [3.05, 3.63) is 35.0 Å². The zero-order chi connectivity index (χ0) is 18.8. The van der Waals surface area contributed by atoms with Crippen molar-refractivity contribution in [3.63, 3.8) is 0 Å². The molecule has 1 aliphatic rings. The number of aromatic nitrogens is 1. The highest BCUT2D eigenvalue weighted by Crippen LogP contribution is 2.28. The lowest BCUT2D eigenvalue weighted by molar-refractivity contribution is -0.143. The van der Waals surface area contributed by atoms with Crippen molar-refractivity contribution in [2.45, 2.75) is 45.7 Å². The van der Waals surface area contributed by atoms with E-state index < -0.39 is 12.0 Å². The summed E-state index contributed by atoms with van der Waals surface area (Å²) in [7, 11) is 1.68. The number of amides is 1. The molecule has 0 radical (unpaired) electrons. The van der Waals surface area contributed by atoms with Crippen LogP contribution in [0.4, 0.5) is 0 Å². The van der Waals surface area contributed by atoms with E-state index in [1.54, 1.807) is 13.2 Å². The molecule has 1 aromatic heterocycles. The number of rotatable bonds is 5. The Bertz CT molecular complexity index is 840. The van der Waals surface area contributed by atoms with Crippen LogP contribution in [0.5, 0.6) is 0 Å². The normalized spacial score (nSPS) is 17.7. The number of methoxy groups -OCH3 is 1. The highest BCUT2D eigenvalue weighted by Gasteiger charge is 2.32. The highest BCUT2D eigenvalue weighted by molar-refractivity contribution is 6.00. The molecule has 0 bridgehead atoms. The quantitative estimate of drug-likeness (QED) is 0.892. The molecule has 6 heteroatoms. The van der Waals surface area contributed by atoms with E-state index in [0.717, 1.165) is 41.5 Å². The van der Waals surface area contributed by atoms with E-state index in [1.807, 2.05) is 12.1 Å². The van der Waals surface area contributed by atoms with Crippen LogP contribution in [0.1, 0.15) is 40.9 Å². The number of aliphatic carboxylic acids is 1. The Morgan fingerprint density at radius 1 is 1.27 bits per heavy atom. The van der Waals surface area contributed by atoms with E-state index in [1.165, 1.54) is 4.90 Å². The summed E-state index contributed by atoms with van der Waals surface area (Å²) in [6, 6.07) is 4.94. The van der Waals surface area contributed by atoms with Gasteiger partial charge in [-0.25, -0.2) is 4.79 Å². The molecule has 140 valence electrons. The van der Waals surface area contributed by atoms with Crippen LogP contribution in [0.3, 0.4) is 0 Å². The standard InChI is InChI=1S/C20H26N2O4/c1-13-14(2)21(10-11-26-3)17-8-7-15(12-16(13)17)19(23)22-9-5-4-6-18(22)20(24)25/h7-8,12,18H,4-6,9-11H2,1-3H3,(H,24,25)/t18-/m1/s1. The van der Waals surface area contributed by atoms with E-state index >= 15 is 0 Å². The number of likely N-dealkylation sites (tertiary alicyclic amines) is 1. The number of hydrogen-bond donors (Lipinski definition) is 1. The Morgan fingerprint density at radius 3 is 2.73 bits per heavy atom. The number of piperidine rings is 1. The maximum Gasteiger partial charge on any atom is 0.326 e. The van der Waals surface area contributed by atoms with Crippen molar-refractivity contribution in [3.8, 4) is 0 Å². The number of ether oxygens (including phenoxy) is 1. The van der Waals surface area contributed by atoms with Gasteiger partial charge in [0.15, 0.2) is 0 Å². The molecule has 0 spiro atoms. The minimum Gasteiger partial charge on any atom is -0.480 e. The molecular weight excluding hydrogens is 332 g/mol. The van der Waals surface area contributed by atoms with Crippen molar-refractivity contribution in [1.29, 1.82) is 0 Å². The predicted octanol–water partition coefficient (Wildman–Crippen LogP) is 2.98. The summed E-state index contributed by atoms with van der Waals surface area (Å²) in [4.78, 5) is 26.0. The second-order valence-corrected chi connectivity index (χ2v) is 6.94. The molecule has 1 aromatic carbocycles. The molecule has 2 aromatic rings. The van der Waals surface area contributed by atoms with E-state index in [-0.39, 0.29) is 5.91 Å². The van der Waals surface area contributed by atoms with Gasteiger partial charge in [0.05, 0.1) is 6.61 Å². The third kappa shape index (κ3) is 3.21. The lowest BCUT2D eigenvalue weighted by atomic mass is 10.00. The molecule has 1 saturated heterocycles. The zero-order valence-electron chi connectivity index (χ0n) is 15.6. The van der Waals surface area contributed by atoms with E-state index in [2.05, 4.69) is 18.4 Å². The summed E-state index contributed by atoms with van der Waals surface area (Å²) in [5, 5.41) is 10.5. The fourth-order valence-corrected chi connectivity index (χ4v) is 3.85. The van der Waals surface area contributed by atoms with Gasteiger partial charge in [0.2, 0.25) is 0 Å². The minimum absolute atomic E-state index is 0.194. The molecule has 1 fully saturated rings. The van der Waals surface area contributed by atoms with Gasteiger partial charge in [-0.1, -0.05) is 0 Å². The molecule has 1 atom stereocenters. The molecule has 1 N–H and O–H groups in total. The summed E-state index contributed by atoms with van der Waals surface area (Å²) >= 11 is 0. The Kier molecular flexibility index (Phi) is 5.32. The average molecular weight is 358 g/mol. The number of carboxylic acid groups (broad SMARTS) is 1. The van der Waals surface area contributed by atoms with Crippen LogP contribution >= 0.6 is 0 Å². The van der Waals surface area contributed by atoms with Crippen molar-refractivity contribution < 1.29 is 19.4 Å². The summed E-state index contributed by atoms with van der Waals surface area (Å²) in [5.74, 6) is -1.11. The number of benzene rings is 1. The van der Waals surface area contributed by atoms with Gasteiger partial charge in [-0.05, 0) is 56.9 Å². The predicted molar refractivity (Wildman–Crippen MR) is 99.6 cm³/mol. The Labute approximate surface area is 153 Å². The van der Waals surface area contributed by atoms with Gasteiger partial charge in [-0.2, -0.15) is 0 Å². The van der Waals surface area contributed by atoms with Gasteiger partial charge in [0, 0.05) is 42.4 Å². The van der Waals surface area contributed by atoms with Gasteiger partial charge >= 0.3 is 5.97 Å². The molecule has 0 saturated carbocycles. The Hall–Kier alpha value is -2.34. The monoisotopic (exact) mass is 358 g/mol. The van der Waals surface area contributed by atoms with Gasteiger partial charge in [0.25, 0.3) is 5.91 Å². The van der Waals surface area contributed by atoms with Crippen molar-refractivity contribution in [2.24, 2.45) is 0 Å². The molecular formula is C20H26N2O4. The first-order chi connectivity index (χ1) is 12.5. The fourth-order valence-electron chi connectivity index (χ4n) is 3.85. The molecule has 1 aliphatic heterocycles. The number of fused-ring (bicyclic) bond motifs is 1. The van der Waals surface area contributed by atoms with Crippen LogP contribution in [-0.4, -0.2) is 52.8 Å². The van der Waals surface area contributed by atoms with Crippen LogP contribution in [0.15, 0.2) is 18.2 Å². The molecule has 1 amide bonds.